The van der Waals surface area contributed by atoms with E-state index in [2.05, 4.69) is 34.4 Å². The highest BCUT2D eigenvalue weighted by Gasteiger charge is 2.69. The number of nitrogens with zero attached hydrogens (tertiary/aromatic N) is 4. The Kier molecular flexibility index (Phi) is 5.22. The van der Waals surface area contributed by atoms with Crippen molar-refractivity contribution in [3.63, 3.8) is 0 Å². The number of hydrogen-bond acceptors (Lipinski definition) is 5. The molecule has 208 valence electrons. The molecule has 7 aliphatic rings. The minimum Gasteiger partial charge on any atom is -0.339 e. The van der Waals surface area contributed by atoms with Crippen LogP contribution in [0.1, 0.15) is 100 Å². The molecule has 0 atom stereocenters. The van der Waals surface area contributed by atoms with Gasteiger partial charge in [0.05, 0.1) is 5.69 Å². The normalized spacial score (nSPS) is 33.8. The smallest absolute Gasteiger partial charge is 0.232 e. The zero-order valence-corrected chi connectivity index (χ0v) is 23.3. The maximum absolute atomic E-state index is 14.3. The van der Waals surface area contributed by atoms with E-state index in [0.29, 0.717) is 38.1 Å². The number of benzene rings is 1. The molecule has 0 aliphatic heterocycles. The van der Waals surface area contributed by atoms with Gasteiger partial charge >= 0.3 is 0 Å². The summed E-state index contributed by atoms with van der Waals surface area (Å²) in [4.78, 5) is 25.6. The number of rotatable bonds is 8. The number of carbonyl (C=O) groups excluding carboxylic acids is 1. The van der Waals surface area contributed by atoms with Gasteiger partial charge in [-0.2, -0.15) is 4.98 Å². The lowest BCUT2D eigenvalue weighted by Crippen LogP contribution is -2.65. The van der Waals surface area contributed by atoms with Gasteiger partial charge in [0.1, 0.15) is 5.67 Å². The standard InChI is InChI=1S/C33H37FN4O2/c1-22-5-8-26(35-17-22)24-3-2-4-25(15-24)38(27(39)16-31-18-33(34,19-31)20-31)21-30-9-12-32(13-10-30,14-11-30)29-36-28(37-40-29)23-6-7-23/h2-5,8,15,17,23H,6-7,9-14,16,18-21H2,1H3. The second kappa shape index (κ2) is 8.46. The Morgan fingerprint density at radius 3 is 2.42 bits per heavy atom. The molecule has 7 heteroatoms. The van der Waals surface area contributed by atoms with Gasteiger partial charge in [-0.05, 0) is 112 Å². The average molecular weight is 541 g/mol. The van der Waals surface area contributed by atoms with Crippen molar-refractivity contribution in [2.75, 3.05) is 11.4 Å². The SMILES string of the molecule is Cc1ccc(-c2cccc(N(CC34CCC(c5nc(C6CC6)no5)(CC3)CC4)C(=O)CC34CC(F)(C3)C4)c2)nc1. The van der Waals surface area contributed by atoms with Crippen molar-refractivity contribution < 1.29 is 13.7 Å². The third kappa shape index (κ3) is 4.02. The van der Waals surface area contributed by atoms with Crippen molar-refractivity contribution in [1.82, 2.24) is 15.1 Å². The summed E-state index contributed by atoms with van der Waals surface area (Å²) in [5.74, 6) is 2.38. The molecule has 7 aliphatic carbocycles. The summed E-state index contributed by atoms with van der Waals surface area (Å²) in [6.07, 6.45) is 12.6. The molecule has 3 aromatic rings. The molecule has 10 rings (SSSR count). The highest BCUT2D eigenvalue weighted by Crippen LogP contribution is 2.71. The van der Waals surface area contributed by atoms with Crippen LogP contribution in [0.2, 0.25) is 0 Å². The van der Waals surface area contributed by atoms with E-state index in [-0.39, 0.29) is 22.2 Å². The largest absolute Gasteiger partial charge is 0.339 e. The molecule has 40 heavy (non-hydrogen) atoms. The highest BCUT2D eigenvalue weighted by molar-refractivity contribution is 5.95. The van der Waals surface area contributed by atoms with Crippen LogP contribution in [0, 0.1) is 17.8 Å². The van der Waals surface area contributed by atoms with E-state index in [1.807, 2.05) is 30.2 Å². The van der Waals surface area contributed by atoms with Crippen LogP contribution in [-0.4, -0.2) is 33.2 Å². The second-order valence-electron chi connectivity index (χ2n) is 14.1. The number of aromatic nitrogens is 3. The van der Waals surface area contributed by atoms with Gasteiger partial charge in [0.25, 0.3) is 0 Å². The topological polar surface area (TPSA) is 72.1 Å². The highest BCUT2D eigenvalue weighted by atomic mass is 19.1. The number of carbonyl (C=O) groups is 1. The fraction of sp³-hybridized carbons (Fsp3) is 0.576. The fourth-order valence-corrected chi connectivity index (χ4v) is 8.37. The maximum atomic E-state index is 14.3. The first-order valence-electron chi connectivity index (χ1n) is 15.1. The molecule has 0 saturated heterocycles. The van der Waals surface area contributed by atoms with E-state index in [4.69, 9.17) is 9.51 Å². The van der Waals surface area contributed by atoms with Crippen LogP contribution in [-0.2, 0) is 10.2 Å². The molecule has 4 bridgehead atoms. The Bertz CT molecular complexity index is 1430. The summed E-state index contributed by atoms with van der Waals surface area (Å²) in [6, 6.07) is 12.4. The first-order chi connectivity index (χ1) is 19.3. The van der Waals surface area contributed by atoms with Crippen LogP contribution < -0.4 is 4.90 Å². The zero-order valence-electron chi connectivity index (χ0n) is 23.3. The predicted octanol–water partition coefficient (Wildman–Crippen LogP) is 7.22. The lowest BCUT2D eigenvalue weighted by molar-refractivity contribution is -0.215. The summed E-state index contributed by atoms with van der Waals surface area (Å²) < 4.78 is 20.2. The lowest BCUT2D eigenvalue weighted by Gasteiger charge is -2.66. The Balaban J connectivity index is 1.05. The van der Waals surface area contributed by atoms with Crippen LogP contribution in [0.15, 0.2) is 47.1 Å². The molecule has 6 nitrogen and oxygen atoms in total. The minimum absolute atomic E-state index is 0.00493. The van der Waals surface area contributed by atoms with Crippen molar-refractivity contribution >= 4 is 11.6 Å². The molecule has 2 heterocycles. The van der Waals surface area contributed by atoms with E-state index in [0.717, 1.165) is 72.7 Å². The summed E-state index contributed by atoms with van der Waals surface area (Å²) >= 11 is 0. The average Bonchev–Trinajstić information content (AvgIpc) is 3.67. The van der Waals surface area contributed by atoms with Crippen molar-refractivity contribution in [1.29, 1.82) is 0 Å². The van der Waals surface area contributed by atoms with Gasteiger partial charge < -0.3 is 9.42 Å². The number of alkyl halides is 1. The number of pyridine rings is 1. The number of halogens is 1. The van der Waals surface area contributed by atoms with E-state index in [9.17, 15) is 9.18 Å². The van der Waals surface area contributed by atoms with Gasteiger partial charge in [-0.3, -0.25) is 9.78 Å². The fourth-order valence-electron chi connectivity index (χ4n) is 8.37. The Morgan fingerprint density at radius 2 is 1.77 bits per heavy atom. The predicted molar refractivity (Wildman–Crippen MR) is 150 cm³/mol. The van der Waals surface area contributed by atoms with E-state index < -0.39 is 5.67 Å². The monoisotopic (exact) mass is 540 g/mol. The zero-order chi connectivity index (χ0) is 27.2. The molecule has 0 N–H and O–H groups in total. The van der Waals surface area contributed by atoms with Gasteiger partial charge in [-0.15, -0.1) is 0 Å². The molecular weight excluding hydrogens is 503 g/mol. The van der Waals surface area contributed by atoms with Crippen molar-refractivity contribution in [2.24, 2.45) is 10.8 Å². The maximum Gasteiger partial charge on any atom is 0.232 e. The van der Waals surface area contributed by atoms with E-state index >= 15 is 0 Å². The van der Waals surface area contributed by atoms with Crippen LogP contribution in [0.5, 0.6) is 0 Å². The number of fused-ring (bicyclic) bond motifs is 3. The summed E-state index contributed by atoms with van der Waals surface area (Å²) in [5, 5.41) is 4.32. The second-order valence-corrected chi connectivity index (χ2v) is 14.1. The summed E-state index contributed by atoms with van der Waals surface area (Å²) in [7, 11) is 0. The number of aryl methyl sites for hydroxylation is 1. The van der Waals surface area contributed by atoms with Crippen LogP contribution >= 0.6 is 0 Å². The van der Waals surface area contributed by atoms with E-state index in [1.54, 1.807) is 0 Å². The molecule has 7 saturated carbocycles. The van der Waals surface area contributed by atoms with Gasteiger partial charge in [0, 0.05) is 41.7 Å². The molecule has 0 spiro atoms. The Labute approximate surface area is 234 Å². The molecule has 2 aromatic heterocycles. The van der Waals surface area contributed by atoms with Crippen LogP contribution in [0.3, 0.4) is 0 Å². The van der Waals surface area contributed by atoms with Crippen molar-refractivity contribution in [2.45, 2.75) is 101 Å². The molecule has 0 radical (unpaired) electrons. The molecule has 1 aromatic carbocycles. The van der Waals surface area contributed by atoms with E-state index in [1.165, 1.54) is 12.8 Å². The third-order valence-corrected chi connectivity index (χ3v) is 11.0. The molecule has 1 amide bonds. The summed E-state index contributed by atoms with van der Waals surface area (Å²) in [5.41, 5.74) is 2.92. The first kappa shape index (κ1) is 24.7. The Hall–Kier alpha value is -3.09. The van der Waals surface area contributed by atoms with Gasteiger partial charge in [-0.1, -0.05) is 23.4 Å². The minimum atomic E-state index is -0.995. The van der Waals surface area contributed by atoms with Crippen molar-refractivity contribution in [3.05, 3.63) is 59.9 Å². The lowest BCUT2D eigenvalue weighted by atomic mass is 9.41. The number of amides is 1. The summed E-state index contributed by atoms with van der Waals surface area (Å²) in [6.45, 7) is 2.74. The van der Waals surface area contributed by atoms with Gasteiger partial charge in [0.2, 0.25) is 11.8 Å². The number of hydrogen-bond donors (Lipinski definition) is 0. The van der Waals surface area contributed by atoms with Crippen molar-refractivity contribution in [3.8, 4) is 11.3 Å². The van der Waals surface area contributed by atoms with Crippen LogP contribution in [0.4, 0.5) is 10.1 Å². The molecule has 0 unspecified atom stereocenters. The Morgan fingerprint density at radius 1 is 1.02 bits per heavy atom. The van der Waals surface area contributed by atoms with Gasteiger partial charge in [0.15, 0.2) is 5.82 Å². The third-order valence-electron chi connectivity index (χ3n) is 11.0. The quantitative estimate of drug-likeness (QED) is 0.302. The van der Waals surface area contributed by atoms with Crippen LogP contribution in [0.25, 0.3) is 11.3 Å². The molecule has 7 fully saturated rings. The number of anilines is 1. The molecular formula is C33H37FN4O2. The first-order valence-corrected chi connectivity index (χ1v) is 15.1. The van der Waals surface area contributed by atoms with Gasteiger partial charge in [-0.25, -0.2) is 4.39 Å².